The Hall–Kier alpha value is -3.07. The van der Waals surface area contributed by atoms with Gasteiger partial charge in [0.1, 0.15) is 10.6 Å². The molecule has 0 aliphatic carbocycles. The Bertz CT molecular complexity index is 956. The lowest BCUT2D eigenvalue weighted by molar-refractivity contribution is -0.120. The molecule has 2 aromatic rings. The Morgan fingerprint density at radius 3 is 2.32 bits per heavy atom. The van der Waals surface area contributed by atoms with Crippen molar-refractivity contribution in [1.29, 1.82) is 0 Å². The number of hydrogen-bond acceptors (Lipinski definition) is 5. The molecule has 28 heavy (non-hydrogen) atoms. The maximum Gasteiger partial charge on any atom is 0.265 e. The van der Waals surface area contributed by atoms with Crippen LogP contribution < -0.4 is 20.1 Å². The second kappa shape index (κ2) is 9.23. The SMILES string of the molecule is CCNC(=O)CNC(=O)c1ccc(OC)c(S(=O)(=O)Nc2ccc(C)cc2)c1. The Kier molecular flexibility index (Phi) is 7.00. The number of anilines is 1. The molecule has 0 saturated heterocycles. The molecule has 0 aliphatic heterocycles. The standard InChI is InChI=1S/C19H23N3O5S/c1-4-20-18(23)12-21-19(24)14-7-10-16(27-3)17(11-14)28(25,26)22-15-8-5-13(2)6-9-15/h5-11,22H,4,12H2,1-3H3,(H,20,23)(H,21,24). The number of carbonyl (C=O) groups is 2. The van der Waals surface area contributed by atoms with Crippen molar-refractivity contribution in [3.8, 4) is 5.75 Å². The summed E-state index contributed by atoms with van der Waals surface area (Å²) in [4.78, 5) is 23.6. The fourth-order valence-electron chi connectivity index (χ4n) is 2.38. The van der Waals surface area contributed by atoms with Crippen molar-refractivity contribution >= 4 is 27.5 Å². The molecule has 0 saturated carbocycles. The smallest absolute Gasteiger partial charge is 0.265 e. The van der Waals surface area contributed by atoms with Gasteiger partial charge in [0.05, 0.1) is 13.7 Å². The highest BCUT2D eigenvalue weighted by Gasteiger charge is 2.22. The van der Waals surface area contributed by atoms with E-state index in [0.717, 1.165) is 5.56 Å². The third kappa shape index (κ3) is 5.46. The maximum atomic E-state index is 12.8. The molecule has 0 heterocycles. The Labute approximate surface area is 164 Å². The number of nitrogens with one attached hydrogen (secondary N) is 3. The van der Waals surface area contributed by atoms with Gasteiger partial charge in [0.15, 0.2) is 0 Å². The Morgan fingerprint density at radius 2 is 1.71 bits per heavy atom. The van der Waals surface area contributed by atoms with Gasteiger partial charge in [0.2, 0.25) is 5.91 Å². The van der Waals surface area contributed by atoms with E-state index in [4.69, 9.17) is 4.74 Å². The van der Waals surface area contributed by atoms with Crippen LogP contribution in [-0.2, 0) is 14.8 Å². The zero-order valence-electron chi connectivity index (χ0n) is 15.9. The van der Waals surface area contributed by atoms with Crippen LogP contribution in [0.15, 0.2) is 47.4 Å². The zero-order valence-corrected chi connectivity index (χ0v) is 16.7. The third-order valence-electron chi connectivity index (χ3n) is 3.80. The van der Waals surface area contributed by atoms with Gasteiger partial charge in [-0.25, -0.2) is 8.42 Å². The molecule has 3 N–H and O–H groups in total. The number of likely N-dealkylation sites (N-methyl/N-ethyl adjacent to an activating group) is 1. The molecule has 8 nitrogen and oxygen atoms in total. The predicted molar refractivity (Wildman–Crippen MR) is 106 cm³/mol. The van der Waals surface area contributed by atoms with Crippen LogP contribution in [-0.4, -0.2) is 40.4 Å². The lowest BCUT2D eigenvalue weighted by Gasteiger charge is -2.13. The van der Waals surface area contributed by atoms with Crippen LogP contribution >= 0.6 is 0 Å². The third-order valence-corrected chi connectivity index (χ3v) is 5.21. The molecule has 0 spiro atoms. The summed E-state index contributed by atoms with van der Waals surface area (Å²) in [6.07, 6.45) is 0. The number of methoxy groups -OCH3 is 1. The first kappa shape index (κ1) is 21.2. The van der Waals surface area contributed by atoms with Gasteiger partial charge >= 0.3 is 0 Å². The number of ether oxygens (including phenoxy) is 1. The van der Waals surface area contributed by atoms with E-state index < -0.39 is 15.9 Å². The van der Waals surface area contributed by atoms with E-state index in [0.29, 0.717) is 12.2 Å². The lowest BCUT2D eigenvalue weighted by atomic mass is 10.2. The van der Waals surface area contributed by atoms with E-state index in [1.165, 1.54) is 25.3 Å². The summed E-state index contributed by atoms with van der Waals surface area (Å²) in [5.74, 6) is -0.807. The molecule has 0 radical (unpaired) electrons. The van der Waals surface area contributed by atoms with Gasteiger partial charge in [-0.05, 0) is 44.2 Å². The monoisotopic (exact) mass is 405 g/mol. The van der Waals surface area contributed by atoms with Crippen LogP contribution in [0.4, 0.5) is 5.69 Å². The highest BCUT2D eigenvalue weighted by Crippen LogP contribution is 2.27. The number of hydrogen-bond donors (Lipinski definition) is 3. The molecule has 0 bridgehead atoms. The van der Waals surface area contributed by atoms with Crippen molar-refractivity contribution in [3.05, 3.63) is 53.6 Å². The molecule has 0 aromatic heterocycles. The fraction of sp³-hybridized carbons (Fsp3) is 0.263. The average molecular weight is 405 g/mol. The van der Waals surface area contributed by atoms with Gasteiger partial charge in [-0.3, -0.25) is 14.3 Å². The predicted octanol–water partition coefficient (Wildman–Crippen LogP) is 1.67. The minimum Gasteiger partial charge on any atom is -0.495 e. The van der Waals surface area contributed by atoms with E-state index in [9.17, 15) is 18.0 Å². The van der Waals surface area contributed by atoms with Gasteiger partial charge < -0.3 is 15.4 Å². The Morgan fingerprint density at radius 1 is 1.04 bits per heavy atom. The molecular weight excluding hydrogens is 382 g/mol. The zero-order chi connectivity index (χ0) is 20.7. The molecule has 0 unspecified atom stereocenters. The Balaban J connectivity index is 2.27. The first-order chi connectivity index (χ1) is 13.3. The van der Waals surface area contributed by atoms with Gasteiger partial charge in [-0.2, -0.15) is 0 Å². The second-order valence-corrected chi connectivity index (χ2v) is 7.62. The second-order valence-electron chi connectivity index (χ2n) is 5.97. The fourth-order valence-corrected chi connectivity index (χ4v) is 3.64. The van der Waals surface area contributed by atoms with E-state index in [2.05, 4.69) is 15.4 Å². The largest absolute Gasteiger partial charge is 0.495 e. The van der Waals surface area contributed by atoms with Crippen molar-refractivity contribution in [3.63, 3.8) is 0 Å². The van der Waals surface area contributed by atoms with E-state index >= 15 is 0 Å². The van der Waals surface area contributed by atoms with Crippen LogP contribution in [0.3, 0.4) is 0 Å². The highest BCUT2D eigenvalue weighted by atomic mass is 32.2. The van der Waals surface area contributed by atoms with Crippen LogP contribution in [0.1, 0.15) is 22.8 Å². The molecule has 0 fully saturated rings. The van der Waals surface area contributed by atoms with Crippen LogP contribution in [0.2, 0.25) is 0 Å². The summed E-state index contributed by atoms with van der Waals surface area (Å²) in [7, 11) is -2.66. The van der Waals surface area contributed by atoms with Crippen molar-refractivity contribution < 1.29 is 22.7 Å². The number of benzene rings is 2. The molecule has 0 atom stereocenters. The highest BCUT2D eigenvalue weighted by molar-refractivity contribution is 7.92. The summed E-state index contributed by atoms with van der Waals surface area (Å²) in [6.45, 7) is 3.90. The van der Waals surface area contributed by atoms with Crippen molar-refractivity contribution in [2.24, 2.45) is 0 Å². The summed E-state index contributed by atoms with van der Waals surface area (Å²) >= 11 is 0. The molecule has 2 aromatic carbocycles. The summed E-state index contributed by atoms with van der Waals surface area (Å²) < 4.78 is 33.2. The number of sulfonamides is 1. The number of amides is 2. The topological polar surface area (TPSA) is 114 Å². The molecule has 9 heteroatoms. The van der Waals surface area contributed by atoms with Gasteiger partial charge in [-0.1, -0.05) is 17.7 Å². The normalized spacial score (nSPS) is 10.8. The summed E-state index contributed by atoms with van der Waals surface area (Å²) in [5, 5.41) is 5.01. The van der Waals surface area contributed by atoms with Gasteiger partial charge in [-0.15, -0.1) is 0 Å². The molecular formula is C19H23N3O5S. The van der Waals surface area contributed by atoms with Crippen molar-refractivity contribution in [2.75, 3.05) is 24.9 Å². The summed E-state index contributed by atoms with van der Waals surface area (Å²) in [5.41, 5.74) is 1.47. The molecule has 0 aliphatic rings. The summed E-state index contributed by atoms with van der Waals surface area (Å²) in [6, 6.07) is 10.9. The average Bonchev–Trinajstić information content (AvgIpc) is 2.67. The number of rotatable bonds is 8. The first-order valence-electron chi connectivity index (χ1n) is 8.59. The van der Waals surface area contributed by atoms with Crippen molar-refractivity contribution in [1.82, 2.24) is 10.6 Å². The van der Waals surface area contributed by atoms with E-state index in [1.807, 2.05) is 6.92 Å². The van der Waals surface area contributed by atoms with Crippen molar-refractivity contribution in [2.45, 2.75) is 18.7 Å². The molecule has 2 rings (SSSR count). The first-order valence-corrected chi connectivity index (χ1v) is 10.1. The minimum atomic E-state index is -4.00. The van der Waals surface area contributed by atoms with Crippen LogP contribution in [0.5, 0.6) is 5.75 Å². The van der Waals surface area contributed by atoms with Gasteiger partial charge in [0, 0.05) is 17.8 Å². The van der Waals surface area contributed by atoms with Crippen LogP contribution in [0, 0.1) is 6.92 Å². The van der Waals surface area contributed by atoms with E-state index in [1.54, 1.807) is 31.2 Å². The molecule has 150 valence electrons. The molecule has 2 amide bonds. The van der Waals surface area contributed by atoms with Crippen LogP contribution in [0.25, 0.3) is 0 Å². The lowest BCUT2D eigenvalue weighted by Crippen LogP contribution is -2.36. The minimum absolute atomic E-state index is 0.0920. The number of carbonyl (C=O) groups excluding carboxylic acids is 2. The maximum absolute atomic E-state index is 12.8. The van der Waals surface area contributed by atoms with E-state index in [-0.39, 0.29) is 28.7 Å². The number of aryl methyl sites for hydroxylation is 1. The quantitative estimate of drug-likeness (QED) is 0.618. The van der Waals surface area contributed by atoms with Gasteiger partial charge in [0.25, 0.3) is 15.9 Å².